The van der Waals surface area contributed by atoms with E-state index in [0.29, 0.717) is 18.5 Å². The third-order valence-electron chi connectivity index (χ3n) is 3.56. The van der Waals surface area contributed by atoms with Crippen LogP contribution in [0.1, 0.15) is 39.5 Å². The quantitative estimate of drug-likeness (QED) is 0.829. The Morgan fingerprint density at radius 3 is 2.95 bits per heavy atom. The lowest BCUT2D eigenvalue weighted by molar-refractivity contribution is 0.325. The molecule has 1 aromatic rings. The predicted molar refractivity (Wildman–Crippen MR) is 81.3 cm³/mol. The van der Waals surface area contributed by atoms with Crippen LogP contribution in [0.15, 0.2) is 12.4 Å². The lowest BCUT2D eigenvalue weighted by Gasteiger charge is -2.31. The van der Waals surface area contributed by atoms with Crippen LogP contribution in [-0.2, 0) is 0 Å². The van der Waals surface area contributed by atoms with Gasteiger partial charge in [0, 0.05) is 19.1 Å². The van der Waals surface area contributed by atoms with Crippen LogP contribution in [0, 0.1) is 0 Å². The molecule has 0 saturated carbocycles. The first-order valence-electron chi connectivity index (χ1n) is 7.76. The van der Waals surface area contributed by atoms with E-state index in [1.807, 2.05) is 13.1 Å². The molecule has 1 unspecified atom stereocenters. The molecule has 5 heteroatoms. The van der Waals surface area contributed by atoms with Gasteiger partial charge in [0.1, 0.15) is 0 Å². The van der Waals surface area contributed by atoms with Crippen molar-refractivity contribution in [3.63, 3.8) is 0 Å². The van der Waals surface area contributed by atoms with E-state index in [1.54, 1.807) is 6.20 Å². The highest BCUT2D eigenvalue weighted by Gasteiger charge is 2.17. The molecule has 1 saturated heterocycles. The van der Waals surface area contributed by atoms with Crippen molar-refractivity contribution in [1.29, 1.82) is 0 Å². The number of nitrogens with zero attached hydrogens (tertiary/aromatic N) is 3. The summed E-state index contributed by atoms with van der Waals surface area (Å²) in [7, 11) is 0. The topological polar surface area (TPSA) is 50.3 Å². The molecule has 1 aliphatic rings. The van der Waals surface area contributed by atoms with Gasteiger partial charge in [0.15, 0.2) is 5.82 Å². The summed E-state index contributed by atoms with van der Waals surface area (Å²) in [5, 5.41) is 3.60. The van der Waals surface area contributed by atoms with Crippen molar-refractivity contribution in [2.24, 2.45) is 0 Å². The van der Waals surface area contributed by atoms with Gasteiger partial charge in [-0.1, -0.05) is 13.3 Å². The predicted octanol–water partition coefficient (Wildman–Crippen LogP) is 2.23. The van der Waals surface area contributed by atoms with Gasteiger partial charge in [-0.25, -0.2) is 0 Å². The molecule has 2 heterocycles. The van der Waals surface area contributed by atoms with Crippen LogP contribution in [0.4, 0.5) is 5.82 Å². The van der Waals surface area contributed by atoms with Gasteiger partial charge in [0.25, 0.3) is 0 Å². The highest BCUT2D eigenvalue weighted by molar-refractivity contribution is 5.37. The molecule has 1 aromatic heterocycles. The molecule has 1 atom stereocenters. The van der Waals surface area contributed by atoms with Gasteiger partial charge in [-0.3, -0.25) is 4.98 Å². The van der Waals surface area contributed by atoms with Crippen LogP contribution in [0.25, 0.3) is 0 Å². The van der Waals surface area contributed by atoms with E-state index in [1.165, 1.54) is 19.3 Å². The standard InChI is InChI=1S/C15H26N4O/c1-3-9-19(12-13-7-5-6-8-17-13)14-10-16-11-15(18-14)20-4-2/h10-11,13,17H,3-9,12H2,1-2H3. The van der Waals surface area contributed by atoms with Gasteiger partial charge in [0.05, 0.1) is 19.0 Å². The fourth-order valence-electron chi connectivity index (χ4n) is 2.62. The molecule has 0 amide bonds. The molecule has 1 aliphatic heterocycles. The Morgan fingerprint density at radius 1 is 1.35 bits per heavy atom. The lowest BCUT2D eigenvalue weighted by Crippen LogP contribution is -2.44. The van der Waals surface area contributed by atoms with E-state index in [2.05, 4.69) is 27.1 Å². The SMILES string of the molecule is CCCN(CC1CCCCN1)c1cncc(OCC)n1. The summed E-state index contributed by atoms with van der Waals surface area (Å²) in [6, 6.07) is 0.563. The lowest BCUT2D eigenvalue weighted by atomic mass is 10.0. The first-order valence-corrected chi connectivity index (χ1v) is 7.76. The van der Waals surface area contributed by atoms with Crippen molar-refractivity contribution in [3.05, 3.63) is 12.4 Å². The van der Waals surface area contributed by atoms with E-state index >= 15 is 0 Å². The highest BCUT2D eigenvalue weighted by Crippen LogP contribution is 2.17. The second kappa shape index (κ2) is 8.04. The molecule has 0 spiro atoms. The van der Waals surface area contributed by atoms with Crippen molar-refractivity contribution in [2.45, 2.75) is 45.6 Å². The monoisotopic (exact) mass is 278 g/mol. The number of hydrogen-bond donors (Lipinski definition) is 1. The summed E-state index contributed by atoms with van der Waals surface area (Å²) in [5.74, 6) is 1.54. The molecule has 112 valence electrons. The fourth-order valence-corrected chi connectivity index (χ4v) is 2.62. The number of hydrogen-bond acceptors (Lipinski definition) is 5. The number of ether oxygens (including phenoxy) is 1. The maximum atomic E-state index is 5.45. The second-order valence-corrected chi connectivity index (χ2v) is 5.24. The van der Waals surface area contributed by atoms with Crippen LogP contribution < -0.4 is 15.0 Å². The number of rotatable bonds is 7. The normalized spacial score (nSPS) is 18.8. The van der Waals surface area contributed by atoms with Crippen molar-refractivity contribution in [1.82, 2.24) is 15.3 Å². The molecule has 5 nitrogen and oxygen atoms in total. The maximum Gasteiger partial charge on any atom is 0.234 e. The van der Waals surface area contributed by atoms with Gasteiger partial charge in [-0.15, -0.1) is 0 Å². The van der Waals surface area contributed by atoms with Crippen LogP contribution >= 0.6 is 0 Å². The third-order valence-corrected chi connectivity index (χ3v) is 3.56. The highest BCUT2D eigenvalue weighted by atomic mass is 16.5. The number of piperidine rings is 1. The Hall–Kier alpha value is -1.36. The van der Waals surface area contributed by atoms with Gasteiger partial charge in [-0.05, 0) is 32.7 Å². The van der Waals surface area contributed by atoms with E-state index in [0.717, 1.165) is 31.9 Å². The number of aromatic nitrogens is 2. The van der Waals surface area contributed by atoms with E-state index < -0.39 is 0 Å². The molecule has 20 heavy (non-hydrogen) atoms. The molecule has 0 bridgehead atoms. The van der Waals surface area contributed by atoms with Crippen molar-refractivity contribution >= 4 is 5.82 Å². The zero-order valence-corrected chi connectivity index (χ0v) is 12.6. The molecule has 0 radical (unpaired) electrons. The minimum atomic E-state index is 0.563. The fraction of sp³-hybridized carbons (Fsp3) is 0.733. The summed E-state index contributed by atoms with van der Waals surface area (Å²) in [6.45, 7) is 7.91. The van der Waals surface area contributed by atoms with Crippen LogP contribution in [0.3, 0.4) is 0 Å². The van der Waals surface area contributed by atoms with Gasteiger partial charge in [-0.2, -0.15) is 4.98 Å². The summed E-state index contributed by atoms with van der Waals surface area (Å²) in [4.78, 5) is 11.1. The van der Waals surface area contributed by atoms with Gasteiger partial charge < -0.3 is 15.0 Å². The van der Waals surface area contributed by atoms with Gasteiger partial charge in [0.2, 0.25) is 5.88 Å². The van der Waals surface area contributed by atoms with Gasteiger partial charge >= 0.3 is 0 Å². The summed E-state index contributed by atoms with van der Waals surface area (Å²) < 4.78 is 5.45. The molecule has 1 fully saturated rings. The maximum absolute atomic E-state index is 5.45. The van der Waals surface area contributed by atoms with Crippen LogP contribution in [0.2, 0.25) is 0 Å². The van der Waals surface area contributed by atoms with Crippen molar-refractivity contribution in [3.8, 4) is 5.88 Å². The first-order chi connectivity index (χ1) is 9.83. The smallest absolute Gasteiger partial charge is 0.234 e. The Kier molecular flexibility index (Phi) is 6.05. The summed E-state index contributed by atoms with van der Waals surface area (Å²) >= 11 is 0. The molecule has 0 aliphatic carbocycles. The Morgan fingerprint density at radius 2 is 2.25 bits per heavy atom. The molecule has 2 rings (SSSR count). The zero-order chi connectivity index (χ0) is 14.2. The van der Waals surface area contributed by atoms with E-state index in [9.17, 15) is 0 Å². The second-order valence-electron chi connectivity index (χ2n) is 5.24. The molecule has 1 N–H and O–H groups in total. The first kappa shape index (κ1) is 15.0. The Labute approximate surface area is 121 Å². The Bertz CT molecular complexity index is 393. The average Bonchev–Trinajstić information content (AvgIpc) is 2.49. The molecular weight excluding hydrogens is 252 g/mol. The van der Waals surface area contributed by atoms with E-state index in [-0.39, 0.29) is 0 Å². The van der Waals surface area contributed by atoms with Crippen LogP contribution in [0.5, 0.6) is 5.88 Å². The summed E-state index contributed by atoms with van der Waals surface area (Å²) in [6.07, 6.45) is 8.48. The molecular formula is C15H26N4O. The van der Waals surface area contributed by atoms with Crippen LogP contribution in [-0.4, -0.2) is 42.3 Å². The third kappa shape index (κ3) is 4.34. The number of anilines is 1. The summed E-state index contributed by atoms with van der Waals surface area (Å²) in [5.41, 5.74) is 0. The van der Waals surface area contributed by atoms with E-state index in [4.69, 9.17) is 4.74 Å². The molecule has 0 aromatic carbocycles. The minimum Gasteiger partial charge on any atom is -0.477 e. The largest absolute Gasteiger partial charge is 0.477 e. The minimum absolute atomic E-state index is 0.563. The zero-order valence-electron chi connectivity index (χ0n) is 12.6. The average molecular weight is 278 g/mol. The Balaban J connectivity index is 2.04. The van der Waals surface area contributed by atoms with Crippen molar-refractivity contribution in [2.75, 3.05) is 31.1 Å². The van der Waals surface area contributed by atoms with Crippen molar-refractivity contribution < 1.29 is 4.74 Å². The number of nitrogens with one attached hydrogen (secondary N) is 1.